The molecule has 0 unspecified atom stereocenters. The molecule has 0 bridgehead atoms. The summed E-state index contributed by atoms with van der Waals surface area (Å²) in [6.07, 6.45) is 5.79. The Bertz CT molecular complexity index is 1040. The molecule has 1 fully saturated rings. The summed E-state index contributed by atoms with van der Waals surface area (Å²) >= 11 is 0. The van der Waals surface area contributed by atoms with Crippen LogP contribution in [-0.2, 0) is 4.79 Å². The van der Waals surface area contributed by atoms with Crippen molar-refractivity contribution in [3.05, 3.63) is 66.1 Å². The first-order chi connectivity index (χ1) is 15.0. The number of benzene rings is 2. The van der Waals surface area contributed by atoms with E-state index in [0.29, 0.717) is 18.4 Å². The van der Waals surface area contributed by atoms with Crippen LogP contribution in [0, 0.1) is 17.7 Å². The van der Waals surface area contributed by atoms with Crippen molar-refractivity contribution in [3.8, 4) is 5.75 Å². The van der Waals surface area contributed by atoms with Crippen LogP contribution in [0.3, 0.4) is 0 Å². The number of pyridine rings is 1. The SMILES string of the molecule is CCOc1ccc(NC(=O)[C@H](C)C2CCC(c3ccnc4ccc(F)cc34)CC2)cc1. The van der Waals surface area contributed by atoms with Gasteiger partial charge in [-0.15, -0.1) is 0 Å². The van der Waals surface area contributed by atoms with Gasteiger partial charge in [-0.2, -0.15) is 0 Å². The van der Waals surface area contributed by atoms with E-state index in [1.807, 2.05) is 50.4 Å². The van der Waals surface area contributed by atoms with Crippen molar-refractivity contribution < 1.29 is 13.9 Å². The molecule has 1 aromatic heterocycles. The van der Waals surface area contributed by atoms with Crippen LogP contribution < -0.4 is 10.1 Å². The molecule has 4 nitrogen and oxygen atoms in total. The van der Waals surface area contributed by atoms with E-state index in [4.69, 9.17) is 4.74 Å². The van der Waals surface area contributed by atoms with Crippen LogP contribution >= 0.6 is 0 Å². The zero-order valence-electron chi connectivity index (χ0n) is 18.1. The first kappa shape index (κ1) is 21.3. The maximum Gasteiger partial charge on any atom is 0.227 e. The molecule has 1 aliphatic rings. The third-order valence-electron chi connectivity index (χ3n) is 6.50. The molecule has 0 aliphatic heterocycles. The van der Waals surface area contributed by atoms with E-state index in [1.54, 1.807) is 12.1 Å². The van der Waals surface area contributed by atoms with Crippen molar-refractivity contribution in [2.45, 2.75) is 45.4 Å². The van der Waals surface area contributed by atoms with Gasteiger partial charge in [0.05, 0.1) is 12.1 Å². The molecule has 162 valence electrons. The molecule has 0 saturated heterocycles. The second-order valence-corrected chi connectivity index (χ2v) is 8.41. The first-order valence-corrected chi connectivity index (χ1v) is 11.1. The molecule has 5 heteroatoms. The standard InChI is InChI=1S/C26H29FN2O2/c1-3-31-22-11-9-21(10-12-22)29-26(30)17(2)18-4-6-19(7-5-18)23-14-15-28-25-13-8-20(27)16-24(23)25/h8-19H,3-7H2,1-2H3,(H,29,30)/t17-,18?,19?/m1/s1. The van der Waals surface area contributed by atoms with Crippen LogP contribution in [0.5, 0.6) is 5.75 Å². The Balaban J connectivity index is 1.37. The summed E-state index contributed by atoms with van der Waals surface area (Å²) in [6, 6.07) is 14.3. The highest BCUT2D eigenvalue weighted by atomic mass is 19.1. The Morgan fingerprint density at radius 1 is 1.13 bits per heavy atom. The minimum atomic E-state index is -0.227. The summed E-state index contributed by atoms with van der Waals surface area (Å²) in [5, 5.41) is 3.95. The number of nitrogens with one attached hydrogen (secondary N) is 1. The number of fused-ring (bicyclic) bond motifs is 1. The van der Waals surface area contributed by atoms with E-state index in [1.165, 1.54) is 11.6 Å². The summed E-state index contributed by atoms with van der Waals surface area (Å²) in [5.74, 6) is 1.31. The molecule has 0 spiro atoms. The molecule has 2 aromatic carbocycles. The largest absolute Gasteiger partial charge is 0.494 e. The van der Waals surface area contributed by atoms with Crippen LogP contribution in [0.4, 0.5) is 10.1 Å². The number of hydrogen-bond donors (Lipinski definition) is 1. The minimum Gasteiger partial charge on any atom is -0.494 e. The zero-order chi connectivity index (χ0) is 21.8. The van der Waals surface area contributed by atoms with Gasteiger partial charge in [-0.05, 0) is 98.5 Å². The van der Waals surface area contributed by atoms with Gasteiger partial charge in [0.15, 0.2) is 0 Å². The number of carbonyl (C=O) groups is 1. The summed E-state index contributed by atoms with van der Waals surface area (Å²) in [7, 11) is 0. The van der Waals surface area contributed by atoms with E-state index in [2.05, 4.69) is 10.3 Å². The smallest absolute Gasteiger partial charge is 0.227 e. The highest BCUT2D eigenvalue weighted by Crippen LogP contribution is 2.41. The van der Waals surface area contributed by atoms with E-state index >= 15 is 0 Å². The van der Waals surface area contributed by atoms with E-state index in [-0.39, 0.29) is 17.6 Å². The van der Waals surface area contributed by atoms with Crippen molar-refractivity contribution in [3.63, 3.8) is 0 Å². The number of hydrogen-bond acceptors (Lipinski definition) is 3. The number of ether oxygens (including phenoxy) is 1. The fraction of sp³-hybridized carbons (Fsp3) is 0.385. The molecule has 1 heterocycles. The molecule has 1 atom stereocenters. The van der Waals surface area contributed by atoms with Crippen molar-refractivity contribution in [1.29, 1.82) is 0 Å². The summed E-state index contributed by atoms with van der Waals surface area (Å²) < 4.78 is 19.3. The average molecular weight is 421 g/mol. The second-order valence-electron chi connectivity index (χ2n) is 8.41. The van der Waals surface area contributed by atoms with Crippen molar-refractivity contribution in [2.24, 2.45) is 11.8 Å². The van der Waals surface area contributed by atoms with Crippen molar-refractivity contribution >= 4 is 22.5 Å². The first-order valence-electron chi connectivity index (χ1n) is 11.1. The molecule has 31 heavy (non-hydrogen) atoms. The summed E-state index contributed by atoms with van der Waals surface area (Å²) in [6.45, 7) is 4.59. The Kier molecular flexibility index (Phi) is 6.50. The Morgan fingerprint density at radius 3 is 2.58 bits per heavy atom. The van der Waals surface area contributed by atoms with Gasteiger partial charge >= 0.3 is 0 Å². The van der Waals surface area contributed by atoms with E-state index < -0.39 is 0 Å². The quantitative estimate of drug-likeness (QED) is 0.508. The normalized spacial score (nSPS) is 19.7. The number of amides is 1. The van der Waals surface area contributed by atoms with Gasteiger partial charge in [0.25, 0.3) is 0 Å². The number of carbonyl (C=O) groups excluding carboxylic acids is 1. The van der Waals surface area contributed by atoms with Gasteiger partial charge in [-0.1, -0.05) is 6.92 Å². The van der Waals surface area contributed by atoms with Gasteiger partial charge < -0.3 is 10.1 Å². The third kappa shape index (κ3) is 4.87. The fourth-order valence-corrected chi connectivity index (χ4v) is 4.70. The molecule has 1 saturated carbocycles. The predicted molar refractivity (Wildman–Crippen MR) is 122 cm³/mol. The van der Waals surface area contributed by atoms with Crippen LogP contribution in [-0.4, -0.2) is 17.5 Å². The van der Waals surface area contributed by atoms with Gasteiger partial charge in [0.2, 0.25) is 5.91 Å². The highest BCUT2D eigenvalue weighted by molar-refractivity contribution is 5.92. The number of nitrogens with zero attached hydrogens (tertiary/aromatic N) is 1. The molecule has 1 aliphatic carbocycles. The number of anilines is 1. The fourth-order valence-electron chi connectivity index (χ4n) is 4.70. The lowest BCUT2D eigenvalue weighted by atomic mass is 9.73. The van der Waals surface area contributed by atoms with Gasteiger partial charge in [-0.3, -0.25) is 9.78 Å². The lowest BCUT2D eigenvalue weighted by Crippen LogP contribution is -2.29. The van der Waals surface area contributed by atoms with Crippen LogP contribution in [0.1, 0.15) is 51.0 Å². The second kappa shape index (κ2) is 9.46. The van der Waals surface area contributed by atoms with E-state index in [9.17, 15) is 9.18 Å². The molecule has 1 amide bonds. The van der Waals surface area contributed by atoms with Crippen LogP contribution in [0.15, 0.2) is 54.7 Å². The lowest BCUT2D eigenvalue weighted by Gasteiger charge is -2.32. The minimum absolute atomic E-state index is 0.0563. The molecule has 1 N–H and O–H groups in total. The molecule has 4 rings (SSSR count). The Labute approximate surface area is 182 Å². The molecular weight excluding hydrogens is 391 g/mol. The predicted octanol–water partition coefficient (Wildman–Crippen LogP) is 6.32. The maximum atomic E-state index is 13.8. The lowest BCUT2D eigenvalue weighted by molar-refractivity contribution is -0.121. The summed E-state index contributed by atoms with van der Waals surface area (Å²) in [5.41, 5.74) is 2.80. The van der Waals surface area contributed by atoms with Crippen molar-refractivity contribution in [2.75, 3.05) is 11.9 Å². The third-order valence-corrected chi connectivity index (χ3v) is 6.50. The summed E-state index contributed by atoms with van der Waals surface area (Å²) in [4.78, 5) is 17.2. The molecule has 0 radical (unpaired) electrons. The maximum absolute atomic E-state index is 13.8. The number of aromatic nitrogens is 1. The van der Waals surface area contributed by atoms with Gasteiger partial charge in [-0.25, -0.2) is 4.39 Å². The number of halogens is 1. The zero-order valence-corrected chi connectivity index (χ0v) is 18.1. The topological polar surface area (TPSA) is 51.2 Å². The Morgan fingerprint density at radius 2 is 1.87 bits per heavy atom. The number of rotatable bonds is 6. The van der Waals surface area contributed by atoms with Crippen LogP contribution in [0.2, 0.25) is 0 Å². The van der Waals surface area contributed by atoms with E-state index in [0.717, 1.165) is 48.0 Å². The highest BCUT2D eigenvalue weighted by Gasteiger charge is 2.30. The Hall–Kier alpha value is -2.95. The molecular formula is C26H29FN2O2. The van der Waals surface area contributed by atoms with Gasteiger partial charge in [0.1, 0.15) is 11.6 Å². The van der Waals surface area contributed by atoms with Gasteiger partial charge in [0, 0.05) is 23.2 Å². The average Bonchev–Trinajstić information content (AvgIpc) is 2.80. The van der Waals surface area contributed by atoms with Crippen LogP contribution in [0.25, 0.3) is 10.9 Å². The molecule has 3 aromatic rings. The monoisotopic (exact) mass is 420 g/mol. The van der Waals surface area contributed by atoms with Crippen molar-refractivity contribution in [1.82, 2.24) is 4.98 Å².